The molecule has 2 atom stereocenters. The van der Waals surface area contributed by atoms with Crippen LogP contribution in [0.1, 0.15) is 49.9 Å². The van der Waals surface area contributed by atoms with Gasteiger partial charge in [0, 0.05) is 10.8 Å². The second-order valence-electron chi connectivity index (χ2n) is 17.2. The van der Waals surface area contributed by atoms with Crippen LogP contribution in [-0.2, 0) is 28.4 Å². The number of hydrogen-bond acceptors (Lipinski definition) is 5. The summed E-state index contributed by atoms with van der Waals surface area (Å²) in [6.45, 7) is 8.66. The van der Waals surface area contributed by atoms with E-state index in [1.165, 1.54) is 12.1 Å². The van der Waals surface area contributed by atoms with Gasteiger partial charge >= 0.3 is 0 Å². The second-order valence-corrected chi connectivity index (χ2v) is 17.2. The van der Waals surface area contributed by atoms with Crippen molar-refractivity contribution in [2.75, 3.05) is 0 Å². The number of ether oxygens (including phenoxy) is 5. The topological polar surface area (TPSA) is 46.2 Å². The van der Waals surface area contributed by atoms with Crippen molar-refractivity contribution in [2.45, 2.75) is 63.6 Å². The monoisotopic (exact) mass is 866 g/mol. The van der Waals surface area contributed by atoms with E-state index in [4.69, 9.17) is 23.7 Å². The minimum Gasteiger partial charge on any atom is -0.457 e. The van der Waals surface area contributed by atoms with E-state index in [1.807, 2.05) is 121 Å². The van der Waals surface area contributed by atoms with Crippen molar-refractivity contribution >= 4 is 0 Å². The summed E-state index contributed by atoms with van der Waals surface area (Å²) in [5.41, 5.74) is 2.46. The summed E-state index contributed by atoms with van der Waals surface area (Å²) in [4.78, 5) is 0. The number of hydrogen-bond donors (Lipinski definition) is 0. The molecule has 0 heterocycles. The van der Waals surface area contributed by atoms with Crippen LogP contribution in [-0.4, -0.2) is 12.2 Å². The molecule has 8 rings (SSSR count). The zero-order valence-electron chi connectivity index (χ0n) is 37.0. The molecule has 0 N–H and O–H groups in total. The lowest BCUT2D eigenvalue weighted by Gasteiger charge is -2.43. The van der Waals surface area contributed by atoms with Crippen LogP contribution >= 0.6 is 0 Å². The fourth-order valence-electron chi connectivity index (χ4n) is 7.84. The van der Waals surface area contributed by atoms with Gasteiger partial charge in [0.25, 0.3) is 0 Å². The first-order valence-electron chi connectivity index (χ1n) is 21.8. The lowest BCUT2D eigenvalue weighted by atomic mass is 9.74. The molecule has 0 aliphatic carbocycles. The van der Waals surface area contributed by atoms with E-state index < -0.39 is 34.7 Å². The van der Waals surface area contributed by atoms with Gasteiger partial charge in [0.15, 0.2) is 23.1 Å². The standard InChI is InChI=1S/C58H52F2O5/c1-57(2,43-27-31-49(32-28-43)61-45-17-9-5-10-18-45)55(39-41-25-35-51(59)53(37-41)63-47-21-13-7-14-22-47)65-56(40-42-26-36-52(60)54(38-42)64-48-23-15-8-16-24-48)58(3,4)44-29-33-50(34-30-44)62-46-19-11-6-12-20-46/h5-38,55-56H,39-40H2,1-4H3. The van der Waals surface area contributed by atoms with Crippen LogP contribution in [0.25, 0.3) is 0 Å². The molecule has 0 spiro atoms. The molecule has 8 aromatic carbocycles. The molecule has 328 valence electrons. The van der Waals surface area contributed by atoms with Crippen LogP contribution in [0.2, 0.25) is 0 Å². The van der Waals surface area contributed by atoms with Crippen molar-refractivity contribution in [3.63, 3.8) is 0 Å². The highest BCUT2D eigenvalue weighted by molar-refractivity contribution is 5.41. The van der Waals surface area contributed by atoms with Gasteiger partial charge in [0.2, 0.25) is 0 Å². The van der Waals surface area contributed by atoms with Gasteiger partial charge in [-0.15, -0.1) is 0 Å². The Labute approximate surface area is 380 Å². The third kappa shape index (κ3) is 11.3. The van der Waals surface area contributed by atoms with E-state index in [0.717, 1.165) is 33.8 Å². The van der Waals surface area contributed by atoms with E-state index in [1.54, 1.807) is 48.5 Å². The molecule has 0 fully saturated rings. The number of halogens is 2. The fourth-order valence-corrected chi connectivity index (χ4v) is 7.84. The summed E-state index contributed by atoms with van der Waals surface area (Å²) in [6, 6.07) is 63.8. The second kappa shape index (κ2) is 20.1. The van der Waals surface area contributed by atoms with E-state index in [0.29, 0.717) is 35.8 Å². The Morgan fingerprint density at radius 3 is 0.969 bits per heavy atom. The molecular formula is C58H52F2O5. The first kappa shape index (κ1) is 44.4. The van der Waals surface area contributed by atoms with Crippen molar-refractivity contribution in [1.29, 1.82) is 0 Å². The largest absolute Gasteiger partial charge is 0.457 e. The third-order valence-corrected chi connectivity index (χ3v) is 11.9. The molecule has 0 saturated carbocycles. The fraction of sp³-hybridized carbons (Fsp3) is 0.172. The molecule has 0 amide bonds. The van der Waals surface area contributed by atoms with Crippen LogP contribution in [0.15, 0.2) is 206 Å². The van der Waals surface area contributed by atoms with Crippen molar-refractivity contribution in [3.8, 4) is 46.0 Å². The average molecular weight is 867 g/mol. The van der Waals surface area contributed by atoms with Crippen molar-refractivity contribution in [2.24, 2.45) is 0 Å². The maximum atomic E-state index is 15.4. The summed E-state index contributed by atoms with van der Waals surface area (Å²) < 4.78 is 62.9. The Kier molecular flexibility index (Phi) is 13.7. The van der Waals surface area contributed by atoms with E-state index in [2.05, 4.69) is 52.0 Å². The van der Waals surface area contributed by atoms with Crippen molar-refractivity contribution in [3.05, 3.63) is 240 Å². The molecule has 0 radical (unpaired) electrons. The van der Waals surface area contributed by atoms with Gasteiger partial charge in [-0.3, -0.25) is 0 Å². The summed E-state index contributed by atoms with van der Waals surface area (Å²) in [7, 11) is 0. The van der Waals surface area contributed by atoms with Gasteiger partial charge < -0.3 is 23.7 Å². The summed E-state index contributed by atoms with van der Waals surface area (Å²) in [6.07, 6.45) is -0.154. The summed E-state index contributed by atoms with van der Waals surface area (Å²) in [5.74, 6) is 3.29. The molecular weight excluding hydrogens is 815 g/mol. The normalized spacial score (nSPS) is 12.5. The SMILES string of the molecule is CC(C)(c1ccc(Oc2ccccc2)cc1)C(Cc1ccc(F)c(Oc2ccccc2)c1)OC(Cc1ccc(F)c(Oc2ccccc2)c1)C(C)(C)c1ccc(Oc2ccccc2)cc1. The average Bonchev–Trinajstić information content (AvgIpc) is 3.32. The highest BCUT2D eigenvalue weighted by atomic mass is 19.1. The number of para-hydroxylation sites is 4. The lowest BCUT2D eigenvalue weighted by molar-refractivity contribution is -0.0753. The Morgan fingerprint density at radius 1 is 0.354 bits per heavy atom. The van der Waals surface area contributed by atoms with Gasteiger partial charge in [-0.1, -0.05) is 137 Å². The zero-order valence-corrected chi connectivity index (χ0v) is 37.0. The van der Waals surface area contributed by atoms with Crippen LogP contribution in [0, 0.1) is 11.6 Å². The number of benzene rings is 8. The van der Waals surface area contributed by atoms with Crippen LogP contribution in [0.5, 0.6) is 46.0 Å². The maximum Gasteiger partial charge on any atom is 0.165 e. The Hall–Kier alpha value is -7.22. The molecule has 0 aliphatic heterocycles. The van der Waals surface area contributed by atoms with Crippen molar-refractivity contribution < 1.29 is 32.5 Å². The molecule has 0 aliphatic rings. The minimum absolute atomic E-state index is 0.125. The van der Waals surface area contributed by atoms with E-state index >= 15 is 8.78 Å². The van der Waals surface area contributed by atoms with Gasteiger partial charge in [-0.2, -0.15) is 0 Å². The first-order valence-corrected chi connectivity index (χ1v) is 21.8. The Bertz CT molecular complexity index is 2550. The quantitative estimate of drug-likeness (QED) is 0.0860. The van der Waals surface area contributed by atoms with Crippen LogP contribution < -0.4 is 18.9 Å². The molecule has 5 nitrogen and oxygen atoms in total. The Morgan fingerprint density at radius 2 is 0.646 bits per heavy atom. The predicted octanol–water partition coefficient (Wildman–Crippen LogP) is 15.6. The molecule has 65 heavy (non-hydrogen) atoms. The number of rotatable bonds is 18. The molecule has 2 unspecified atom stereocenters. The third-order valence-electron chi connectivity index (χ3n) is 11.9. The first-order chi connectivity index (χ1) is 31.5. The highest BCUT2D eigenvalue weighted by Crippen LogP contribution is 2.40. The molecule has 0 bridgehead atoms. The molecule has 7 heteroatoms. The predicted molar refractivity (Wildman–Crippen MR) is 254 cm³/mol. The van der Waals surface area contributed by atoms with Gasteiger partial charge in [-0.25, -0.2) is 8.78 Å². The summed E-state index contributed by atoms with van der Waals surface area (Å²) >= 11 is 0. The van der Waals surface area contributed by atoms with Crippen LogP contribution in [0.4, 0.5) is 8.78 Å². The van der Waals surface area contributed by atoms with E-state index in [-0.39, 0.29) is 11.5 Å². The smallest absolute Gasteiger partial charge is 0.165 e. The molecule has 0 aromatic heterocycles. The highest BCUT2D eigenvalue weighted by Gasteiger charge is 2.40. The summed E-state index contributed by atoms with van der Waals surface area (Å²) in [5, 5.41) is 0. The van der Waals surface area contributed by atoms with Crippen LogP contribution in [0.3, 0.4) is 0 Å². The van der Waals surface area contributed by atoms with Gasteiger partial charge in [-0.05, 0) is 132 Å². The van der Waals surface area contributed by atoms with Gasteiger partial charge in [0.05, 0.1) is 12.2 Å². The van der Waals surface area contributed by atoms with Crippen molar-refractivity contribution in [1.82, 2.24) is 0 Å². The Balaban J connectivity index is 1.17. The van der Waals surface area contributed by atoms with E-state index in [9.17, 15) is 0 Å². The maximum absolute atomic E-state index is 15.4. The lowest BCUT2D eigenvalue weighted by Crippen LogP contribution is -2.46. The zero-order chi connectivity index (χ0) is 45.2. The molecule has 8 aromatic rings. The van der Waals surface area contributed by atoms with Gasteiger partial charge in [0.1, 0.15) is 34.5 Å². The molecule has 0 saturated heterocycles. The minimum atomic E-state index is -0.619.